The van der Waals surface area contributed by atoms with E-state index in [9.17, 15) is 0 Å². The summed E-state index contributed by atoms with van der Waals surface area (Å²) in [4.78, 5) is 9.48. The van der Waals surface area contributed by atoms with E-state index < -0.39 is 8.07 Å². The topological polar surface area (TPSA) is 25.8 Å². The molecule has 1 spiro atoms. The van der Waals surface area contributed by atoms with Gasteiger partial charge in [0.1, 0.15) is 0 Å². The summed E-state index contributed by atoms with van der Waals surface area (Å²) in [7, 11) is -2.28. The Hall–Kier alpha value is -3.95. The van der Waals surface area contributed by atoms with E-state index in [0.717, 1.165) is 22.5 Å². The van der Waals surface area contributed by atoms with E-state index in [1.165, 1.54) is 31.9 Å². The van der Waals surface area contributed by atoms with Crippen LogP contribution in [0, 0.1) is 12.1 Å². The Morgan fingerprint density at radius 1 is 0.447 bits per heavy atom. The van der Waals surface area contributed by atoms with Crippen LogP contribution in [0.5, 0.6) is 0 Å². The summed E-state index contributed by atoms with van der Waals surface area (Å²) in [5.74, 6) is 0. The third-order valence-corrected chi connectivity index (χ3v) is 12.2. The molecule has 4 heteroatoms. The van der Waals surface area contributed by atoms with Gasteiger partial charge in [0.25, 0.3) is 0 Å². The number of rotatable bonds is 1. The number of nitrogens with zero attached hydrogens (tertiary/aromatic N) is 2. The zero-order valence-electron chi connectivity index (χ0n) is 20.4. The Labute approximate surface area is 237 Å². The summed E-state index contributed by atoms with van der Waals surface area (Å²) in [5.41, 5.74) is 7.07. The summed E-state index contributed by atoms with van der Waals surface area (Å²) in [6.07, 6.45) is 3.77. The van der Waals surface area contributed by atoms with E-state index in [0.29, 0.717) is 0 Å². The third-order valence-electron chi connectivity index (χ3n) is 7.31. The van der Waals surface area contributed by atoms with Crippen LogP contribution in [0.15, 0.2) is 134 Å². The maximum atomic E-state index is 4.74. The summed E-state index contributed by atoms with van der Waals surface area (Å²) in [6.45, 7) is 0. The van der Waals surface area contributed by atoms with E-state index in [1.807, 2.05) is 60.9 Å². The molecule has 2 aromatic heterocycles. The van der Waals surface area contributed by atoms with Crippen molar-refractivity contribution < 1.29 is 20.1 Å². The second-order valence-corrected chi connectivity index (χ2v) is 12.8. The van der Waals surface area contributed by atoms with Crippen molar-refractivity contribution in [1.29, 1.82) is 0 Å². The number of fused-ring (bicyclic) bond motifs is 10. The molecule has 4 heterocycles. The smallest absolute Gasteiger partial charge is 0.185 e. The van der Waals surface area contributed by atoms with Crippen molar-refractivity contribution in [2.75, 3.05) is 0 Å². The van der Waals surface area contributed by atoms with E-state index in [4.69, 9.17) is 9.97 Å². The van der Waals surface area contributed by atoms with Crippen LogP contribution in [0.3, 0.4) is 0 Å². The summed E-state index contributed by atoms with van der Waals surface area (Å²) >= 11 is 0. The Bertz CT molecular complexity index is 1510. The van der Waals surface area contributed by atoms with Crippen molar-refractivity contribution in [3.63, 3.8) is 0 Å². The number of aromatic nitrogens is 2. The van der Waals surface area contributed by atoms with Crippen LogP contribution in [0.25, 0.3) is 33.6 Å². The average Bonchev–Trinajstić information content (AvgIpc) is 3.46. The first-order valence-corrected chi connectivity index (χ1v) is 14.4. The van der Waals surface area contributed by atoms with Crippen molar-refractivity contribution in [2.24, 2.45) is 0 Å². The molecular weight excluding hydrogens is 657 g/mol. The molecule has 2 nitrogen and oxygen atoms in total. The van der Waals surface area contributed by atoms with Crippen LogP contribution in [0.1, 0.15) is 0 Å². The van der Waals surface area contributed by atoms with Gasteiger partial charge in [-0.3, -0.25) is 9.97 Å². The molecule has 0 saturated heterocycles. The molecule has 0 unspecified atom stereocenters. The molecule has 38 heavy (non-hydrogen) atoms. The molecule has 183 valence electrons. The van der Waals surface area contributed by atoms with Gasteiger partial charge in [-0.05, 0) is 44.0 Å². The van der Waals surface area contributed by atoms with E-state index in [-0.39, 0.29) is 20.1 Å². The quantitative estimate of drug-likeness (QED) is 0.185. The van der Waals surface area contributed by atoms with Gasteiger partial charge in [-0.15, -0.1) is 12.1 Å². The molecule has 6 aromatic rings. The van der Waals surface area contributed by atoms with Gasteiger partial charge in [-0.1, -0.05) is 60.7 Å². The predicted octanol–water partition coefficient (Wildman–Crippen LogP) is 4.77. The first-order valence-electron chi connectivity index (χ1n) is 12.4. The second-order valence-electron chi connectivity index (χ2n) is 9.19. The molecule has 0 fully saturated rings. The number of hydrogen-bond donors (Lipinski definition) is 0. The molecule has 0 N–H and O–H groups in total. The fraction of sp³-hybridized carbons (Fsp3) is 0. The monoisotopic (exact) mass is 679 g/mol. The van der Waals surface area contributed by atoms with Gasteiger partial charge < -0.3 is 0 Å². The fourth-order valence-electron chi connectivity index (χ4n) is 5.88. The third kappa shape index (κ3) is 3.65. The van der Waals surface area contributed by atoms with Crippen molar-refractivity contribution in [3.05, 3.63) is 146 Å². The molecule has 8 rings (SSSR count). The molecule has 0 atom stereocenters. The number of hydrogen-bond acceptors (Lipinski definition) is 2. The minimum atomic E-state index is -2.28. The van der Waals surface area contributed by atoms with Gasteiger partial charge in [0.15, 0.2) is 8.07 Å². The molecule has 0 bridgehead atoms. The zero-order chi connectivity index (χ0) is 24.7. The van der Waals surface area contributed by atoms with Gasteiger partial charge in [0, 0.05) is 32.5 Å². The van der Waals surface area contributed by atoms with Crippen LogP contribution < -0.4 is 20.7 Å². The van der Waals surface area contributed by atoms with Gasteiger partial charge in [0.05, 0.1) is 11.4 Å². The van der Waals surface area contributed by atoms with Gasteiger partial charge >= 0.3 is 0 Å². The van der Waals surface area contributed by atoms with Crippen molar-refractivity contribution in [1.82, 2.24) is 9.97 Å². The van der Waals surface area contributed by atoms with Crippen LogP contribution in [0.4, 0.5) is 0 Å². The Morgan fingerprint density at radius 3 is 1.32 bits per heavy atom. The molecule has 0 saturated carbocycles. The Balaban J connectivity index is 0.000000172. The van der Waals surface area contributed by atoms with Gasteiger partial charge in [-0.25, -0.2) is 11.1 Å². The minimum absolute atomic E-state index is 0. The van der Waals surface area contributed by atoms with E-state index in [1.54, 1.807) is 0 Å². The summed E-state index contributed by atoms with van der Waals surface area (Å²) in [6, 6.07) is 48.6. The normalized spacial score (nSPS) is 12.7. The van der Waals surface area contributed by atoms with Gasteiger partial charge in [-0.2, -0.15) is 48.5 Å². The van der Waals surface area contributed by atoms with Crippen molar-refractivity contribution >= 4 is 28.8 Å². The van der Waals surface area contributed by atoms with E-state index >= 15 is 0 Å². The first-order chi connectivity index (χ1) is 18.4. The number of pyridine rings is 2. The van der Waals surface area contributed by atoms with Crippen LogP contribution >= 0.6 is 0 Å². The van der Waals surface area contributed by atoms with Crippen molar-refractivity contribution in [3.8, 4) is 33.6 Å². The Kier molecular flexibility index (Phi) is 6.46. The second kappa shape index (κ2) is 10.1. The molecule has 4 aromatic carbocycles. The Morgan fingerprint density at radius 2 is 0.868 bits per heavy atom. The van der Waals surface area contributed by atoms with Crippen molar-refractivity contribution in [2.45, 2.75) is 0 Å². The maximum absolute atomic E-state index is 4.74. The minimum Gasteiger partial charge on any atom is -0.255 e. The zero-order valence-corrected chi connectivity index (χ0v) is 23.8. The largest absolute Gasteiger partial charge is 0.255 e. The van der Waals surface area contributed by atoms with Crippen LogP contribution in [-0.2, 0) is 20.1 Å². The standard InChI is InChI=1S/C22H14N2Si.C12H8.Ir/c1-3-9-17-15(7-1)16-8-2-4-10-18(16)25(17)19-11-5-13-23-21(19)22-20(25)12-6-14-24-22;1-3-7-11(8-4-1)12-9-5-2-6-10-12;/h1-14H;1-7,9H;/q;-2;. The van der Waals surface area contributed by atoms with Gasteiger partial charge in [0.2, 0.25) is 0 Å². The first kappa shape index (κ1) is 24.4. The number of benzene rings is 4. The summed E-state index contributed by atoms with van der Waals surface area (Å²) in [5, 5.41) is 5.69. The molecule has 1 radical (unpaired) electrons. The fourth-order valence-corrected chi connectivity index (χ4v) is 11.3. The molecule has 0 amide bonds. The molecule has 0 aliphatic carbocycles. The average molecular weight is 679 g/mol. The van der Waals surface area contributed by atoms with Crippen LogP contribution in [0.2, 0.25) is 0 Å². The predicted molar refractivity (Wildman–Crippen MR) is 153 cm³/mol. The summed E-state index contributed by atoms with van der Waals surface area (Å²) < 4.78 is 0. The molecular formula is C34H22IrN2Si-2. The molecule has 2 aliphatic rings. The molecule has 2 aliphatic heterocycles. The van der Waals surface area contributed by atoms with Crippen LogP contribution in [-0.4, -0.2) is 18.0 Å². The SMILES string of the molecule is [Ir].[c-]1ccccc1-c1[c-]cccc1.c1ccc2c(c1)-c1ccccc1[Si]21c2cccnc2-c2ncccc21. The van der Waals surface area contributed by atoms with E-state index in [2.05, 4.69) is 84.9 Å². The maximum Gasteiger partial charge on any atom is 0.185 e.